The van der Waals surface area contributed by atoms with Crippen molar-refractivity contribution in [2.24, 2.45) is 5.92 Å². The van der Waals surface area contributed by atoms with Crippen molar-refractivity contribution in [3.05, 3.63) is 22.4 Å². The second kappa shape index (κ2) is 6.75. The maximum atomic E-state index is 12.2. The predicted octanol–water partition coefficient (Wildman–Crippen LogP) is 2.20. The molecule has 1 rings (SSSR count). The molecule has 0 aliphatic carbocycles. The maximum absolute atomic E-state index is 12.2. The zero-order chi connectivity index (χ0) is 14.6. The second-order valence-electron chi connectivity index (χ2n) is 4.55. The van der Waals surface area contributed by atoms with Crippen molar-refractivity contribution in [3.63, 3.8) is 0 Å². The number of rotatable bonds is 5. The minimum absolute atomic E-state index is 0.0371. The van der Waals surface area contributed by atoms with Crippen LogP contribution in [0.5, 0.6) is 0 Å². The summed E-state index contributed by atoms with van der Waals surface area (Å²) < 4.78 is 7.35. The third-order valence-electron chi connectivity index (χ3n) is 2.84. The summed E-state index contributed by atoms with van der Waals surface area (Å²) in [5.41, 5.74) is 0.518. The van der Waals surface area contributed by atoms with Crippen LogP contribution < -0.4 is 5.32 Å². The molecule has 0 aromatic carbocycles. The Morgan fingerprint density at radius 2 is 2.11 bits per heavy atom. The fourth-order valence-electron chi connectivity index (χ4n) is 1.77. The normalized spacial score (nSPS) is 12.3. The molecule has 0 aliphatic rings. The molecule has 0 spiro atoms. The van der Waals surface area contributed by atoms with Crippen molar-refractivity contribution in [2.75, 3.05) is 7.11 Å². The summed E-state index contributed by atoms with van der Waals surface area (Å²) in [6.45, 7) is 6.34. The van der Waals surface area contributed by atoms with Gasteiger partial charge in [0.25, 0.3) is 5.91 Å². The van der Waals surface area contributed by atoms with Gasteiger partial charge in [-0.15, -0.1) is 0 Å². The lowest BCUT2D eigenvalue weighted by Crippen LogP contribution is -2.45. The fourth-order valence-corrected chi connectivity index (χ4v) is 2.23. The summed E-state index contributed by atoms with van der Waals surface area (Å²) in [6, 6.07) is 1.09. The number of hydrogen-bond donors (Lipinski definition) is 1. The van der Waals surface area contributed by atoms with Crippen LogP contribution in [-0.4, -0.2) is 29.6 Å². The molecule has 1 amide bonds. The molecule has 1 aromatic rings. The molecule has 0 unspecified atom stereocenters. The third kappa shape index (κ3) is 3.83. The van der Waals surface area contributed by atoms with Gasteiger partial charge in [0.1, 0.15) is 11.7 Å². The Morgan fingerprint density at radius 1 is 1.47 bits per heavy atom. The lowest BCUT2D eigenvalue weighted by molar-refractivity contribution is -0.144. The average molecular weight is 331 g/mol. The van der Waals surface area contributed by atoms with Gasteiger partial charge in [0.05, 0.1) is 7.11 Å². The van der Waals surface area contributed by atoms with Gasteiger partial charge < -0.3 is 14.6 Å². The summed E-state index contributed by atoms with van der Waals surface area (Å²) in [5, 5.41) is 2.72. The van der Waals surface area contributed by atoms with Gasteiger partial charge in [-0.2, -0.15) is 0 Å². The number of methoxy groups -OCH3 is 1. The van der Waals surface area contributed by atoms with E-state index in [0.717, 1.165) is 4.47 Å². The molecule has 0 fully saturated rings. The predicted molar refractivity (Wildman–Crippen MR) is 75.9 cm³/mol. The Bertz CT molecular complexity index is 468. The molecule has 0 aliphatic heterocycles. The van der Waals surface area contributed by atoms with Crippen LogP contribution in [0.1, 0.15) is 31.3 Å². The van der Waals surface area contributed by atoms with Crippen LogP contribution in [-0.2, 0) is 16.1 Å². The average Bonchev–Trinajstić information content (AvgIpc) is 2.75. The van der Waals surface area contributed by atoms with Gasteiger partial charge in [0.2, 0.25) is 0 Å². The van der Waals surface area contributed by atoms with Crippen LogP contribution in [0.2, 0.25) is 0 Å². The minimum atomic E-state index is -0.642. The van der Waals surface area contributed by atoms with Gasteiger partial charge in [-0.3, -0.25) is 4.79 Å². The number of amides is 1. The number of esters is 1. The second-order valence-corrected chi connectivity index (χ2v) is 5.46. The molecule has 6 heteroatoms. The summed E-state index contributed by atoms with van der Waals surface area (Å²) in [7, 11) is 1.31. The molecule has 0 saturated carbocycles. The summed E-state index contributed by atoms with van der Waals surface area (Å²) in [4.78, 5) is 23.8. The van der Waals surface area contributed by atoms with Crippen molar-refractivity contribution in [3.8, 4) is 0 Å². The minimum Gasteiger partial charge on any atom is -0.467 e. The van der Waals surface area contributed by atoms with Crippen LogP contribution >= 0.6 is 15.9 Å². The molecular formula is C13H19BrN2O3. The van der Waals surface area contributed by atoms with Gasteiger partial charge in [0.15, 0.2) is 0 Å². The molecule has 5 nitrogen and oxygen atoms in total. The third-order valence-corrected chi connectivity index (χ3v) is 3.28. The molecule has 1 aromatic heterocycles. The monoisotopic (exact) mass is 330 g/mol. The topological polar surface area (TPSA) is 60.3 Å². The summed E-state index contributed by atoms with van der Waals surface area (Å²) in [5.74, 6) is -0.751. The van der Waals surface area contributed by atoms with E-state index in [9.17, 15) is 9.59 Å². The Labute approximate surface area is 121 Å². The number of aromatic nitrogens is 1. The first kappa shape index (κ1) is 15.8. The standard InChI is InChI=1S/C13H19BrN2O3/c1-5-16-7-9(14)6-10(16)12(17)15-11(8(2)3)13(18)19-4/h6-8,11H,5H2,1-4H3,(H,15,17)/t11-/m1/s1. The van der Waals surface area contributed by atoms with Gasteiger partial charge >= 0.3 is 5.97 Å². The number of nitrogens with one attached hydrogen (secondary N) is 1. The molecule has 0 saturated heterocycles. The number of carbonyl (C=O) groups excluding carboxylic acids is 2. The van der Waals surface area contributed by atoms with Crippen LogP contribution in [0.15, 0.2) is 16.7 Å². The molecule has 0 bridgehead atoms. The molecule has 0 radical (unpaired) electrons. The Morgan fingerprint density at radius 3 is 2.58 bits per heavy atom. The SMILES string of the molecule is CCn1cc(Br)cc1C(=O)N[C@@H](C(=O)OC)C(C)C. The Hall–Kier alpha value is -1.30. The van der Waals surface area contributed by atoms with Crippen LogP contribution in [0.4, 0.5) is 0 Å². The van der Waals surface area contributed by atoms with E-state index in [-0.39, 0.29) is 11.8 Å². The van der Waals surface area contributed by atoms with Crippen molar-refractivity contribution in [1.29, 1.82) is 0 Å². The smallest absolute Gasteiger partial charge is 0.328 e. The molecular weight excluding hydrogens is 312 g/mol. The highest BCUT2D eigenvalue weighted by molar-refractivity contribution is 9.10. The van der Waals surface area contributed by atoms with E-state index in [4.69, 9.17) is 4.74 Å². The largest absolute Gasteiger partial charge is 0.467 e. The molecule has 1 heterocycles. The van der Waals surface area contributed by atoms with Crippen LogP contribution in [0, 0.1) is 5.92 Å². The van der Waals surface area contributed by atoms with Gasteiger partial charge in [-0.1, -0.05) is 13.8 Å². The van der Waals surface area contributed by atoms with E-state index in [1.165, 1.54) is 7.11 Å². The highest BCUT2D eigenvalue weighted by Crippen LogP contribution is 2.15. The number of nitrogens with zero attached hydrogens (tertiary/aromatic N) is 1. The first-order chi connectivity index (χ1) is 8.90. The van der Waals surface area contributed by atoms with Gasteiger partial charge in [-0.05, 0) is 34.8 Å². The Balaban J connectivity index is 2.90. The van der Waals surface area contributed by atoms with E-state index in [2.05, 4.69) is 21.2 Å². The van der Waals surface area contributed by atoms with Crippen LogP contribution in [0.25, 0.3) is 0 Å². The summed E-state index contributed by atoms with van der Waals surface area (Å²) >= 11 is 3.34. The molecule has 106 valence electrons. The van der Waals surface area contributed by atoms with Crippen molar-refractivity contribution in [1.82, 2.24) is 9.88 Å². The quantitative estimate of drug-likeness (QED) is 0.842. The number of carbonyl (C=O) groups is 2. The van der Waals surface area contributed by atoms with Gasteiger partial charge in [-0.25, -0.2) is 4.79 Å². The van der Waals surface area contributed by atoms with E-state index in [1.807, 2.05) is 31.5 Å². The van der Waals surface area contributed by atoms with Crippen molar-refractivity contribution in [2.45, 2.75) is 33.4 Å². The number of ether oxygens (including phenoxy) is 1. The first-order valence-corrected chi connectivity index (χ1v) is 6.94. The summed E-state index contributed by atoms with van der Waals surface area (Å²) in [6.07, 6.45) is 1.83. The van der Waals surface area contributed by atoms with Crippen molar-refractivity contribution < 1.29 is 14.3 Å². The lowest BCUT2D eigenvalue weighted by atomic mass is 10.0. The van der Waals surface area contributed by atoms with E-state index in [0.29, 0.717) is 12.2 Å². The highest BCUT2D eigenvalue weighted by Gasteiger charge is 2.26. The zero-order valence-corrected chi connectivity index (χ0v) is 13.2. The zero-order valence-electron chi connectivity index (χ0n) is 11.6. The van der Waals surface area contributed by atoms with Crippen molar-refractivity contribution >= 4 is 27.8 Å². The fraction of sp³-hybridized carbons (Fsp3) is 0.538. The maximum Gasteiger partial charge on any atom is 0.328 e. The molecule has 1 atom stereocenters. The van der Waals surface area contributed by atoms with E-state index >= 15 is 0 Å². The molecule has 19 heavy (non-hydrogen) atoms. The highest BCUT2D eigenvalue weighted by atomic mass is 79.9. The Kier molecular flexibility index (Phi) is 5.60. The number of halogens is 1. The van der Waals surface area contributed by atoms with E-state index in [1.54, 1.807) is 6.07 Å². The van der Waals surface area contributed by atoms with E-state index < -0.39 is 12.0 Å². The lowest BCUT2D eigenvalue weighted by Gasteiger charge is -2.20. The number of aryl methyl sites for hydroxylation is 1. The first-order valence-electron chi connectivity index (χ1n) is 6.15. The molecule has 1 N–H and O–H groups in total. The van der Waals surface area contributed by atoms with Gasteiger partial charge in [0, 0.05) is 17.2 Å². The number of hydrogen-bond acceptors (Lipinski definition) is 3. The van der Waals surface area contributed by atoms with Crippen LogP contribution in [0.3, 0.4) is 0 Å².